The molecule has 6 nitrogen and oxygen atoms in total. The highest BCUT2D eigenvalue weighted by Crippen LogP contribution is 2.42. The first kappa shape index (κ1) is 23.0. The summed E-state index contributed by atoms with van der Waals surface area (Å²) in [5.41, 5.74) is 3.53. The summed E-state index contributed by atoms with van der Waals surface area (Å²) in [4.78, 5) is 32.3. The third-order valence-corrected chi connectivity index (χ3v) is 7.08. The summed E-state index contributed by atoms with van der Waals surface area (Å²) in [6, 6.07) is 5.78. The van der Waals surface area contributed by atoms with Crippen LogP contribution in [0.4, 0.5) is 0 Å². The number of aliphatic carboxylic acids is 1. The van der Waals surface area contributed by atoms with Crippen molar-refractivity contribution in [3.05, 3.63) is 58.7 Å². The number of carbonyl (C=O) groups is 2. The first-order valence-electron chi connectivity index (χ1n) is 11.4. The minimum absolute atomic E-state index is 0.152. The molecule has 1 aliphatic carbocycles. The molecule has 2 N–H and O–H groups in total. The average molecular weight is 447 g/mol. The number of H-pyrrole nitrogens is 1. The van der Waals surface area contributed by atoms with Crippen molar-refractivity contribution in [2.75, 3.05) is 13.2 Å². The first-order valence-corrected chi connectivity index (χ1v) is 11.4. The fourth-order valence-electron chi connectivity index (χ4n) is 4.79. The lowest BCUT2D eigenvalue weighted by molar-refractivity contribution is -0.147. The Morgan fingerprint density at radius 3 is 2.61 bits per heavy atom. The zero-order valence-corrected chi connectivity index (χ0v) is 19.2. The maximum Gasteiger partial charge on any atom is 0.314 e. The molecule has 0 spiro atoms. The number of carbonyl (C=O) groups excluding carboxylic acids is 1. The molecular weight excluding hydrogens is 416 g/mol. The molecule has 33 heavy (non-hydrogen) atoms. The van der Waals surface area contributed by atoms with Crippen molar-refractivity contribution in [1.82, 2.24) is 9.97 Å². The Morgan fingerprint density at radius 1 is 1.24 bits per heavy atom. The number of imidazole rings is 1. The van der Waals surface area contributed by atoms with Gasteiger partial charge in [0.05, 0.1) is 11.6 Å². The molecule has 0 unspecified atom stereocenters. The molecule has 1 aliphatic heterocycles. The van der Waals surface area contributed by atoms with Crippen LogP contribution in [0.5, 0.6) is 0 Å². The van der Waals surface area contributed by atoms with Crippen molar-refractivity contribution in [1.29, 1.82) is 0 Å². The fourth-order valence-corrected chi connectivity index (χ4v) is 4.79. The highest BCUT2D eigenvalue weighted by molar-refractivity contribution is 5.95. The van der Waals surface area contributed by atoms with E-state index in [-0.39, 0.29) is 23.4 Å². The molecule has 4 rings (SSSR count). The molecule has 172 valence electrons. The van der Waals surface area contributed by atoms with Crippen LogP contribution in [0, 0.1) is 17.8 Å². The number of benzene rings is 1. The largest absolute Gasteiger partial charge is 0.481 e. The molecule has 2 aliphatic rings. The Labute approximate surface area is 194 Å². The maximum atomic E-state index is 12.9. The molecule has 0 radical (unpaired) electrons. The highest BCUT2D eigenvalue weighted by atomic mass is 16.5. The predicted octanol–water partition coefficient (Wildman–Crippen LogP) is 4.54. The van der Waals surface area contributed by atoms with Crippen LogP contribution in [-0.2, 0) is 21.4 Å². The van der Waals surface area contributed by atoms with Gasteiger partial charge in [-0.1, -0.05) is 44.0 Å². The van der Waals surface area contributed by atoms with Gasteiger partial charge >= 0.3 is 5.97 Å². The van der Waals surface area contributed by atoms with Crippen LogP contribution in [0.1, 0.15) is 79.0 Å². The topological polar surface area (TPSA) is 92.3 Å². The summed E-state index contributed by atoms with van der Waals surface area (Å²) < 4.78 is 5.46. The van der Waals surface area contributed by atoms with Crippen LogP contribution in [0.25, 0.3) is 5.57 Å². The van der Waals surface area contributed by atoms with E-state index in [9.17, 15) is 14.7 Å². The Kier molecular flexibility index (Phi) is 6.27. The average Bonchev–Trinajstić information content (AvgIpc) is 3.29. The summed E-state index contributed by atoms with van der Waals surface area (Å²) in [5.74, 6) is 1.72. The number of hydrogen-bond donors (Lipinski definition) is 2. The molecule has 1 fully saturated rings. The van der Waals surface area contributed by atoms with Gasteiger partial charge in [0.2, 0.25) is 5.78 Å². The van der Waals surface area contributed by atoms with Crippen LogP contribution < -0.4 is 0 Å². The number of ketones is 1. The Hall–Kier alpha value is -3.17. The van der Waals surface area contributed by atoms with Gasteiger partial charge < -0.3 is 14.8 Å². The van der Waals surface area contributed by atoms with Crippen molar-refractivity contribution in [3.8, 4) is 12.3 Å². The van der Waals surface area contributed by atoms with Gasteiger partial charge in [0.15, 0.2) is 5.82 Å². The number of rotatable bonds is 6. The van der Waals surface area contributed by atoms with Crippen molar-refractivity contribution in [3.63, 3.8) is 0 Å². The number of carboxylic acid groups (broad SMARTS) is 1. The van der Waals surface area contributed by atoms with E-state index >= 15 is 0 Å². The fraction of sp³-hybridized carbons (Fsp3) is 0.444. The number of carboxylic acids is 1. The molecule has 0 amide bonds. The van der Waals surface area contributed by atoms with Crippen LogP contribution in [0.2, 0.25) is 0 Å². The Balaban J connectivity index is 1.74. The van der Waals surface area contributed by atoms with Gasteiger partial charge in [0.1, 0.15) is 5.69 Å². The lowest BCUT2D eigenvalue weighted by Crippen LogP contribution is -2.41. The molecule has 6 heteroatoms. The monoisotopic (exact) mass is 446 g/mol. The third-order valence-electron chi connectivity index (χ3n) is 7.08. The van der Waals surface area contributed by atoms with E-state index in [1.54, 1.807) is 0 Å². The van der Waals surface area contributed by atoms with Crippen LogP contribution in [-0.4, -0.2) is 40.0 Å². The Morgan fingerprint density at radius 2 is 2.00 bits per heavy atom. The predicted molar refractivity (Wildman–Crippen MR) is 126 cm³/mol. The molecule has 2 heterocycles. The smallest absolute Gasteiger partial charge is 0.314 e. The zero-order valence-electron chi connectivity index (χ0n) is 19.2. The molecular formula is C27H30N2O4. The zero-order chi connectivity index (χ0) is 23.6. The molecule has 2 aromatic rings. The van der Waals surface area contributed by atoms with Gasteiger partial charge in [0.25, 0.3) is 0 Å². The van der Waals surface area contributed by atoms with Gasteiger partial charge in [-0.3, -0.25) is 9.59 Å². The summed E-state index contributed by atoms with van der Waals surface area (Å²) in [6.45, 7) is 5.36. The highest BCUT2D eigenvalue weighted by Gasteiger charge is 2.42. The molecule has 1 aromatic carbocycles. The number of hydrogen-bond acceptors (Lipinski definition) is 4. The van der Waals surface area contributed by atoms with Crippen LogP contribution in [0.15, 0.2) is 30.5 Å². The molecule has 0 atom stereocenters. The second kappa shape index (κ2) is 8.99. The number of allylic oxidation sites excluding steroid dienone is 2. The lowest BCUT2D eigenvalue weighted by atomic mass is 9.71. The van der Waals surface area contributed by atoms with Gasteiger partial charge in [0, 0.05) is 19.6 Å². The second-order valence-corrected chi connectivity index (χ2v) is 9.86. The van der Waals surface area contributed by atoms with E-state index in [0.717, 1.165) is 36.0 Å². The van der Waals surface area contributed by atoms with E-state index in [1.165, 1.54) is 11.8 Å². The SMILES string of the molecule is C#Cc1cnc(C(=O)Cc2ccc(C3(C(=O)O)CCOCC3)cc2C2=CCC(C)(C)CC2)[nH]1. The van der Waals surface area contributed by atoms with Gasteiger partial charge in [-0.25, -0.2) is 4.98 Å². The molecule has 0 saturated carbocycles. The number of aromatic nitrogens is 2. The van der Waals surface area contributed by atoms with E-state index in [2.05, 4.69) is 35.8 Å². The quantitative estimate of drug-likeness (QED) is 0.502. The minimum Gasteiger partial charge on any atom is -0.481 e. The number of ether oxygens (including phenoxy) is 1. The summed E-state index contributed by atoms with van der Waals surface area (Å²) in [6.07, 6.45) is 13.0. The number of aromatic amines is 1. The number of nitrogens with one attached hydrogen (secondary N) is 1. The normalized spacial score (nSPS) is 19.4. The number of Topliss-reactive ketones (excluding diaryl/α,β-unsaturated/α-hetero) is 1. The van der Waals surface area contributed by atoms with Crippen molar-refractivity contribution < 1.29 is 19.4 Å². The van der Waals surface area contributed by atoms with E-state index in [0.29, 0.717) is 31.7 Å². The first-order chi connectivity index (χ1) is 15.7. The maximum absolute atomic E-state index is 12.9. The lowest BCUT2D eigenvalue weighted by Gasteiger charge is -2.35. The summed E-state index contributed by atoms with van der Waals surface area (Å²) in [7, 11) is 0. The van der Waals surface area contributed by atoms with E-state index in [1.807, 2.05) is 18.2 Å². The Bertz CT molecular complexity index is 1140. The van der Waals surface area contributed by atoms with Gasteiger partial charge in [-0.15, -0.1) is 6.42 Å². The minimum atomic E-state index is -0.966. The van der Waals surface area contributed by atoms with E-state index in [4.69, 9.17) is 11.2 Å². The molecule has 1 saturated heterocycles. The van der Waals surface area contributed by atoms with Gasteiger partial charge in [-0.05, 0) is 59.8 Å². The molecule has 1 aromatic heterocycles. The second-order valence-electron chi connectivity index (χ2n) is 9.86. The third kappa shape index (κ3) is 4.65. The van der Waals surface area contributed by atoms with Crippen LogP contribution >= 0.6 is 0 Å². The number of nitrogens with zero attached hydrogens (tertiary/aromatic N) is 1. The van der Waals surface area contributed by atoms with Crippen molar-refractivity contribution in [2.45, 2.75) is 57.8 Å². The van der Waals surface area contributed by atoms with E-state index < -0.39 is 11.4 Å². The summed E-state index contributed by atoms with van der Waals surface area (Å²) in [5, 5.41) is 10.1. The number of terminal acetylenes is 1. The molecule has 0 bridgehead atoms. The van der Waals surface area contributed by atoms with Crippen molar-refractivity contribution >= 4 is 17.3 Å². The van der Waals surface area contributed by atoms with Crippen LogP contribution in [0.3, 0.4) is 0 Å². The van der Waals surface area contributed by atoms with Gasteiger partial charge in [-0.2, -0.15) is 0 Å². The summed E-state index contributed by atoms with van der Waals surface area (Å²) >= 11 is 0. The standard InChI is InChI=1S/C27H30N2O4/c1-4-21-17-28-24(29-21)23(30)15-19-5-6-20(27(25(31)32)11-13-33-14-12-27)16-22(19)18-7-9-26(2,3)10-8-18/h1,5-7,16-17H,8-15H2,2-3H3,(H,28,29)(H,31,32). The van der Waals surface area contributed by atoms with Crippen molar-refractivity contribution in [2.24, 2.45) is 5.41 Å².